The van der Waals surface area contributed by atoms with Gasteiger partial charge in [0.25, 0.3) is 20.2 Å². The van der Waals surface area contributed by atoms with Gasteiger partial charge in [0, 0.05) is 29.1 Å². The SMILES string of the molecule is CCOc1ccc(Cc2nccc3cc(OCC)c(OCC)cc23)cc1OCC.Cl.N=C(N)c1ccc(OCCCCCOc2ccc(C(=N)N)cc2)cc1.O=S(=O)(O)CCO.O=S(=O)(O)CCO. The van der Waals surface area contributed by atoms with Gasteiger partial charge in [-0.2, -0.15) is 16.8 Å². The zero-order valence-electron chi connectivity index (χ0n) is 39.3. The molecule has 0 bridgehead atoms. The third kappa shape index (κ3) is 24.8. The molecule has 1 heterocycles. The molecule has 19 nitrogen and oxygen atoms in total. The summed E-state index contributed by atoms with van der Waals surface area (Å²) >= 11 is 0. The zero-order valence-corrected chi connectivity index (χ0v) is 41.7. The van der Waals surface area contributed by atoms with Crippen molar-refractivity contribution in [3.63, 3.8) is 0 Å². The average Bonchev–Trinajstić information content (AvgIpc) is 3.28. The van der Waals surface area contributed by atoms with E-state index < -0.39 is 45.0 Å². The highest BCUT2D eigenvalue weighted by atomic mass is 35.5. The normalized spacial score (nSPS) is 10.6. The Morgan fingerprint density at radius 3 is 1.38 bits per heavy atom. The van der Waals surface area contributed by atoms with E-state index >= 15 is 0 Å². The lowest BCUT2D eigenvalue weighted by molar-refractivity contribution is 0.279. The number of hydrogen-bond acceptors (Lipinski definition) is 15. The van der Waals surface area contributed by atoms with Crippen LogP contribution in [0.15, 0.2) is 91.1 Å². The van der Waals surface area contributed by atoms with Crippen molar-refractivity contribution < 1.29 is 64.6 Å². The second kappa shape index (κ2) is 32.7. The molecule has 0 aliphatic rings. The molecular weight excluding hydrogens is 958 g/mol. The highest BCUT2D eigenvalue weighted by molar-refractivity contribution is 7.86. The highest BCUT2D eigenvalue weighted by Crippen LogP contribution is 2.35. The number of aliphatic hydroxyl groups excluding tert-OH is 2. The molecule has 5 rings (SSSR count). The first-order chi connectivity index (χ1) is 32.4. The molecule has 22 heteroatoms. The average molecular weight is 1020 g/mol. The van der Waals surface area contributed by atoms with Crippen molar-refractivity contribution in [1.82, 2.24) is 4.98 Å². The first-order valence-corrected chi connectivity index (χ1v) is 24.9. The van der Waals surface area contributed by atoms with Gasteiger partial charge in [0.1, 0.15) is 23.2 Å². The van der Waals surface area contributed by atoms with Crippen molar-refractivity contribution in [2.45, 2.75) is 53.4 Å². The van der Waals surface area contributed by atoms with E-state index in [-0.39, 0.29) is 24.1 Å². The summed E-state index contributed by atoms with van der Waals surface area (Å²) < 4.78 is 88.5. The molecule has 10 N–H and O–H groups in total. The van der Waals surface area contributed by atoms with Gasteiger partial charge in [-0.05, 0) is 137 Å². The van der Waals surface area contributed by atoms with E-state index in [9.17, 15) is 16.8 Å². The van der Waals surface area contributed by atoms with E-state index in [1.54, 1.807) is 24.3 Å². The molecule has 0 saturated heterocycles. The first kappa shape index (κ1) is 61.1. The summed E-state index contributed by atoms with van der Waals surface area (Å²) in [5, 5.41) is 32.5. The van der Waals surface area contributed by atoms with Crippen LogP contribution >= 0.6 is 12.4 Å². The van der Waals surface area contributed by atoms with Crippen molar-refractivity contribution in [1.29, 1.82) is 10.8 Å². The molecule has 0 fully saturated rings. The molecule has 1 aromatic heterocycles. The van der Waals surface area contributed by atoms with Gasteiger partial charge in [-0.15, -0.1) is 12.4 Å². The van der Waals surface area contributed by atoms with Crippen molar-refractivity contribution in [3.8, 4) is 34.5 Å². The van der Waals surface area contributed by atoms with Crippen LogP contribution in [0.25, 0.3) is 10.8 Å². The Morgan fingerprint density at radius 2 is 0.986 bits per heavy atom. The van der Waals surface area contributed by atoms with Crippen LogP contribution < -0.4 is 39.9 Å². The van der Waals surface area contributed by atoms with Gasteiger partial charge in [0.05, 0.1) is 70.1 Å². The van der Waals surface area contributed by atoms with Crippen LogP contribution in [0.2, 0.25) is 0 Å². The molecule has 5 aromatic rings. The van der Waals surface area contributed by atoms with E-state index in [1.165, 1.54) is 0 Å². The second-order valence-electron chi connectivity index (χ2n) is 14.1. The van der Waals surface area contributed by atoms with E-state index in [4.69, 9.17) is 70.0 Å². The number of amidine groups is 2. The maximum absolute atomic E-state index is 9.63. The summed E-state index contributed by atoms with van der Waals surface area (Å²) in [7, 11) is -7.85. The lowest BCUT2D eigenvalue weighted by Gasteiger charge is -2.15. The van der Waals surface area contributed by atoms with E-state index in [0.717, 1.165) is 75.8 Å². The summed E-state index contributed by atoms with van der Waals surface area (Å²) in [5.74, 6) is 3.57. The number of nitrogens with two attached hydrogens (primary N) is 2. The summed E-state index contributed by atoms with van der Waals surface area (Å²) in [5.41, 5.74) is 14.3. The molecule has 69 heavy (non-hydrogen) atoms. The van der Waals surface area contributed by atoms with Gasteiger partial charge < -0.3 is 50.1 Å². The molecule has 0 radical (unpaired) electrons. The Kier molecular flexibility index (Phi) is 29.0. The molecule has 0 saturated carbocycles. The van der Waals surface area contributed by atoms with Gasteiger partial charge in [0.15, 0.2) is 23.0 Å². The number of aliphatic hydroxyl groups is 2. The number of rotatable bonds is 24. The number of hydrogen-bond donors (Lipinski definition) is 8. The van der Waals surface area contributed by atoms with Gasteiger partial charge in [-0.1, -0.05) is 6.07 Å². The molecule has 0 aliphatic heterocycles. The van der Waals surface area contributed by atoms with Crippen molar-refractivity contribution in [2.24, 2.45) is 11.5 Å². The smallest absolute Gasteiger partial charge is 0.267 e. The van der Waals surface area contributed by atoms with Crippen LogP contribution in [0.5, 0.6) is 34.5 Å². The summed E-state index contributed by atoms with van der Waals surface area (Å²) in [6.45, 7) is 10.5. The van der Waals surface area contributed by atoms with Crippen LogP contribution in [0, 0.1) is 10.8 Å². The van der Waals surface area contributed by atoms with Crippen LogP contribution in [-0.4, -0.2) is 117 Å². The zero-order chi connectivity index (χ0) is 50.5. The number of benzene rings is 4. The monoisotopic (exact) mass is 1020 g/mol. The number of nitrogen functional groups attached to an aromatic ring is 2. The largest absolute Gasteiger partial charge is 0.494 e. The maximum Gasteiger partial charge on any atom is 0.267 e. The summed E-state index contributed by atoms with van der Waals surface area (Å²) in [6, 6.07) is 26.5. The van der Waals surface area contributed by atoms with Crippen molar-refractivity contribution in [2.75, 3.05) is 64.4 Å². The molecule has 382 valence electrons. The number of halogens is 1. The third-order valence-corrected chi connectivity index (χ3v) is 10.2. The standard InChI is InChI=1S/C24H29NO4.C19H24N4O2.2C2H6O4S.ClH/c1-5-26-21-10-9-17(14-22(21)27-6-2)13-20-19-16-24(29-8-4)23(28-7-3)15-18(19)11-12-25-20;20-18(21)14-4-8-16(9-5-14)24-12-2-1-3-13-25-17-10-6-15(7-11-17)19(22)23;2*3-1-2-7(4,5)6;/h9-12,14-16H,5-8,13H2,1-4H3;4-11H,1-3,12-13H2,(H3,20,21)(H3,22,23);2*3H,1-2H2,(H,4,5,6);1H. The Morgan fingerprint density at radius 1 is 0.565 bits per heavy atom. The molecular formula is C47H66ClN5O14S2. The summed E-state index contributed by atoms with van der Waals surface area (Å²) in [6.07, 6.45) is 5.42. The quantitative estimate of drug-likeness (QED) is 0.0142. The lowest BCUT2D eigenvalue weighted by Crippen LogP contribution is -2.10. The third-order valence-electron chi connectivity index (χ3n) is 8.85. The topological polar surface area (TPSA) is 317 Å². The van der Waals surface area contributed by atoms with Gasteiger partial charge in [-0.25, -0.2) is 0 Å². The number of pyridine rings is 1. The van der Waals surface area contributed by atoms with Gasteiger partial charge in [0.2, 0.25) is 0 Å². The van der Waals surface area contributed by atoms with Crippen LogP contribution in [0.3, 0.4) is 0 Å². The Hall–Kier alpha value is -5.94. The van der Waals surface area contributed by atoms with Crippen LogP contribution in [0.1, 0.15) is 69.3 Å². The highest BCUT2D eigenvalue weighted by Gasteiger charge is 2.13. The number of ether oxygens (including phenoxy) is 6. The van der Waals surface area contributed by atoms with Crippen LogP contribution in [0.4, 0.5) is 0 Å². The van der Waals surface area contributed by atoms with E-state index in [2.05, 4.69) is 11.1 Å². The second-order valence-corrected chi connectivity index (χ2v) is 17.3. The molecule has 0 atom stereocenters. The lowest BCUT2D eigenvalue weighted by atomic mass is 10.0. The Balaban J connectivity index is 0.000000538. The fourth-order valence-electron chi connectivity index (χ4n) is 5.77. The van der Waals surface area contributed by atoms with Crippen molar-refractivity contribution in [3.05, 3.63) is 114 Å². The minimum atomic E-state index is -3.92. The fraction of sp³-hybridized carbons (Fsp3) is 0.383. The van der Waals surface area contributed by atoms with E-state index in [1.807, 2.05) is 88.5 Å². The minimum Gasteiger partial charge on any atom is -0.494 e. The number of unbranched alkanes of at least 4 members (excludes halogenated alkanes) is 2. The Labute approximate surface area is 411 Å². The molecule has 0 amide bonds. The first-order valence-electron chi connectivity index (χ1n) is 21.7. The van der Waals surface area contributed by atoms with Gasteiger partial charge in [-0.3, -0.25) is 24.9 Å². The number of fused-ring (bicyclic) bond motifs is 1. The van der Waals surface area contributed by atoms with Crippen molar-refractivity contribution >= 4 is 55.1 Å². The minimum absolute atomic E-state index is 0. The fourth-order valence-corrected chi connectivity index (χ4v) is 6.23. The van der Waals surface area contributed by atoms with Gasteiger partial charge >= 0.3 is 0 Å². The molecule has 0 aliphatic carbocycles. The predicted molar refractivity (Wildman–Crippen MR) is 270 cm³/mol. The molecule has 0 unspecified atom stereocenters. The maximum atomic E-state index is 9.63. The predicted octanol–water partition coefficient (Wildman–Crippen LogP) is 6.46. The Bertz CT molecular complexity index is 2420. The summed E-state index contributed by atoms with van der Waals surface area (Å²) in [4.78, 5) is 4.65. The van der Waals surface area contributed by atoms with Crippen LogP contribution in [-0.2, 0) is 26.7 Å². The van der Waals surface area contributed by atoms with E-state index in [0.29, 0.717) is 57.2 Å². The molecule has 0 spiro atoms. The number of nitrogens with zero attached hydrogens (tertiary/aromatic N) is 1. The number of aromatic nitrogens is 1. The number of nitrogens with one attached hydrogen (secondary N) is 2. The molecule has 4 aromatic carbocycles.